The lowest BCUT2D eigenvalue weighted by Crippen LogP contribution is -2.34. The molecule has 0 radical (unpaired) electrons. The summed E-state index contributed by atoms with van der Waals surface area (Å²) < 4.78 is 5.55. The predicted molar refractivity (Wildman–Crippen MR) is 86.2 cm³/mol. The van der Waals surface area contributed by atoms with Crippen LogP contribution in [0.3, 0.4) is 0 Å². The average Bonchev–Trinajstić information content (AvgIpc) is 2.84. The standard InChI is InChI=1S/C16H28N2OS/c1-4-19-12-14-5-7-18(8-6-14)11-16-9-15(13-20-16)10-17(2)3/h9,13-14H,4-8,10-12H2,1-3H3. The highest BCUT2D eigenvalue weighted by Crippen LogP contribution is 2.22. The van der Waals surface area contributed by atoms with Crippen molar-refractivity contribution in [3.05, 3.63) is 21.9 Å². The maximum atomic E-state index is 5.55. The average molecular weight is 296 g/mol. The van der Waals surface area contributed by atoms with E-state index >= 15 is 0 Å². The molecule has 0 saturated carbocycles. The molecule has 1 aromatic heterocycles. The van der Waals surface area contributed by atoms with Crippen molar-refractivity contribution in [1.82, 2.24) is 9.80 Å². The van der Waals surface area contributed by atoms with E-state index in [-0.39, 0.29) is 0 Å². The van der Waals surface area contributed by atoms with E-state index in [0.717, 1.165) is 32.2 Å². The zero-order valence-corrected chi connectivity index (χ0v) is 13.9. The number of thiophene rings is 1. The number of nitrogens with zero attached hydrogens (tertiary/aromatic N) is 2. The lowest BCUT2D eigenvalue weighted by atomic mass is 9.98. The van der Waals surface area contributed by atoms with Crippen LogP contribution in [0.4, 0.5) is 0 Å². The largest absolute Gasteiger partial charge is 0.381 e. The van der Waals surface area contributed by atoms with Crippen LogP contribution >= 0.6 is 11.3 Å². The Kier molecular flexibility index (Phi) is 6.49. The highest BCUT2D eigenvalue weighted by molar-refractivity contribution is 7.10. The van der Waals surface area contributed by atoms with Crippen LogP contribution in [0.1, 0.15) is 30.2 Å². The van der Waals surface area contributed by atoms with E-state index in [2.05, 4.69) is 42.3 Å². The summed E-state index contributed by atoms with van der Waals surface area (Å²) in [5, 5.41) is 2.30. The summed E-state index contributed by atoms with van der Waals surface area (Å²) in [7, 11) is 4.25. The number of hydrogen-bond acceptors (Lipinski definition) is 4. The molecule has 1 saturated heterocycles. The summed E-state index contributed by atoms with van der Waals surface area (Å²) in [5.41, 5.74) is 1.45. The van der Waals surface area contributed by atoms with E-state index < -0.39 is 0 Å². The van der Waals surface area contributed by atoms with Crippen molar-refractivity contribution in [1.29, 1.82) is 0 Å². The molecule has 20 heavy (non-hydrogen) atoms. The highest BCUT2D eigenvalue weighted by atomic mass is 32.1. The molecule has 0 aromatic carbocycles. The van der Waals surface area contributed by atoms with Gasteiger partial charge in [0.05, 0.1) is 0 Å². The van der Waals surface area contributed by atoms with Crippen molar-refractivity contribution in [3.63, 3.8) is 0 Å². The van der Waals surface area contributed by atoms with Gasteiger partial charge in [0.15, 0.2) is 0 Å². The minimum absolute atomic E-state index is 0.777. The van der Waals surface area contributed by atoms with Crippen molar-refractivity contribution in [2.45, 2.75) is 32.9 Å². The molecule has 1 aromatic rings. The van der Waals surface area contributed by atoms with Crippen LogP contribution in [0, 0.1) is 5.92 Å². The fourth-order valence-electron chi connectivity index (χ4n) is 2.77. The van der Waals surface area contributed by atoms with Gasteiger partial charge in [0.1, 0.15) is 0 Å². The first-order valence-electron chi connectivity index (χ1n) is 7.68. The van der Waals surface area contributed by atoms with Crippen molar-refractivity contribution in [3.8, 4) is 0 Å². The normalized spacial score (nSPS) is 18.0. The minimum atomic E-state index is 0.777. The summed E-state index contributed by atoms with van der Waals surface area (Å²) in [6.45, 7) is 8.50. The Morgan fingerprint density at radius 2 is 2.10 bits per heavy atom. The topological polar surface area (TPSA) is 15.7 Å². The Morgan fingerprint density at radius 3 is 2.75 bits per heavy atom. The van der Waals surface area contributed by atoms with Crippen molar-refractivity contribution in [2.24, 2.45) is 5.92 Å². The zero-order chi connectivity index (χ0) is 14.4. The Morgan fingerprint density at radius 1 is 1.35 bits per heavy atom. The third kappa shape index (κ3) is 5.17. The van der Waals surface area contributed by atoms with Crippen LogP contribution in [0.15, 0.2) is 11.4 Å². The van der Waals surface area contributed by atoms with Gasteiger partial charge in [-0.3, -0.25) is 4.90 Å². The van der Waals surface area contributed by atoms with Gasteiger partial charge in [0.25, 0.3) is 0 Å². The Hall–Kier alpha value is -0.420. The summed E-state index contributed by atoms with van der Waals surface area (Å²) in [5.74, 6) is 0.777. The third-order valence-corrected chi connectivity index (χ3v) is 4.82. The molecule has 0 N–H and O–H groups in total. The molecule has 114 valence electrons. The van der Waals surface area contributed by atoms with Gasteiger partial charge in [0.2, 0.25) is 0 Å². The first-order valence-corrected chi connectivity index (χ1v) is 8.56. The number of piperidine rings is 1. The van der Waals surface area contributed by atoms with E-state index in [1.807, 2.05) is 11.3 Å². The van der Waals surface area contributed by atoms with Crippen molar-refractivity contribution in [2.75, 3.05) is 40.4 Å². The fraction of sp³-hybridized carbons (Fsp3) is 0.750. The van der Waals surface area contributed by atoms with Gasteiger partial charge in [0, 0.05) is 31.2 Å². The molecule has 0 spiro atoms. The molecule has 2 rings (SSSR count). The second-order valence-electron chi connectivity index (χ2n) is 6.04. The van der Waals surface area contributed by atoms with Gasteiger partial charge in [-0.1, -0.05) is 0 Å². The van der Waals surface area contributed by atoms with E-state index in [4.69, 9.17) is 4.74 Å². The number of likely N-dealkylation sites (tertiary alicyclic amines) is 1. The fourth-order valence-corrected chi connectivity index (χ4v) is 3.70. The smallest absolute Gasteiger partial charge is 0.0495 e. The van der Waals surface area contributed by atoms with Crippen molar-refractivity contribution >= 4 is 11.3 Å². The molecule has 0 atom stereocenters. The van der Waals surface area contributed by atoms with Crippen LogP contribution in [0.5, 0.6) is 0 Å². The molecule has 1 aliphatic rings. The van der Waals surface area contributed by atoms with Crippen LogP contribution in [0.2, 0.25) is 0 Å². The molecule has 0 aliphatic carbocycles. The summed E-state index contributed by atoms with van der Waals surface area (Å²) in [4.78, 5) is 6.32. The molecule has 3 nitrogen and oxygen atoms in total. The lowest BCUT2D eigenvalue weighted by molar-refractivity contribution is 0.0726. The molecule has 0 unspecified atom stereocenters. The second kappa shape index (κ2) is 8.13. The summed E-state index contributed by atoms with van der Waals surface area (Å²) in [6, 6.07) is 2.37. The van der Waals surface area contributed by atoms with E-state index in [0.29, 0.717) is 0 Å². The van der Waals surface area contributed by atoms with E-state index in [9.17, 15) is 0 Å². The predicted octanol–water partition coefficient (Wildman–Crippen LogP) is 3.06. The lowest BCUT2D eigenvalue weighted by Gasteiger charge is -2.31. The zero-order valence-electron chi connectivity index (χ0n) is 13.1. The van der Waals surface area contributed by atoms with Gasteiger partial charge in [-0.15, -0.1) is 11.3 Å². The first kappa shape index (κ1) is 16.0. The maximum absolute atomic E-state index is 5.55. The van der Waals surface area contributed by atoms with Crippen molar-refractivity contribution < 1.29 is 4.74 Å². The van der Waals surface area contributed by atoms with E-state index in [1.165, 1.54) is 36.4 Å². The molecule has 0 bridgehead atoms. The Labute approximate surface area is 127 Å². The SMILES string of the molecule is CCOCC1CCN(Cc2cc(CN(C)C)cs2)CC1. The summed E-state index contributed by atoms with van der Waals surface area (Å²) in [6.07, 6.45) is 2.58. The molecule has 1 aliphatic heterocycles. The minimum Gasteiger partial charge on any atom is -0.381 e. The Bertz CT molecular complexity index is 384. The van der Waals surface area contributed by atoms with Crippen LogP contribution < -0.4 is 0 Å². The van der Waals surface area contributed by atoms with Gasteiger partial charge in [-0.2, -0.15) is 0 Å². The molecule has 4 heteroatoms. The maximum Gasteiger partial charge on any atom is 0.0495 e. The van der Waals surface area contributed by atoms with Gasteiger partial charge in [-0.05, 0) is 69.9 Å². The van der Waals surface area contributed by atoms with Gasteiger partial charge < -0.3 is 9.64 Å². The van der Waals surface area contributed by atoms with Crippen LogP contribution in [-0.2, 0) is 17.8 Å². The second-order valence-corrected chi connectivity index (χ2v) is 7.03. The van der Waals surface area contributed by atoms with Gasteiger partial charge in [-0.25, -0.2) is 0 Å². The van der Waals surface area contributed by atoms with Crippen LogP contribution in [0.25, 0.3) is 0 Å². The Balaban J connectivity index is 1.73. The molecular formula is C16H28N2OS. The number of hydrogen-bond donors (Lipinski definition) is 0. The number of ether oxygens (including phenoxy) is 1. The molecule has 0 amide bonds. The summed E-state index contributed by atoms with van der Waals surface area (Å²) >= 11 is 1.91. The molecule has 2 heterocycles. The van der Waals surface area contributed by atoms with E-state index in [1.54, 1.807) is 0 Å². The van der Waals surface area contributed by atoms with Gasteiger partial charge >= 0.3 is 0 Å². The monoisotopic (exact) mass is 296 g/mol. The first-order chi connectivity index (χ1) is 9.67. The third-order valence-electron chi connectivity index (χ3n) is 3.85. The van der Waals surface area contributed by atoms with Crippen LogP contribution in [-0.4, -0.2) is 50.2 Å². The number of rotatable bonds is 7. The highest BCUT2D eigenvalue weighted by Gasteiger charge is 2.19. The quantitative estimate of drug-likeness (QED) is 0.769. The molecule has 1 fully saturated rings. The molecular weight excluding hydrogens is 268 g/mol.